The van der Waals surface area contributed by atoms with Crippen LogP contribution in [-0.2, 0) is 24.3 Å². The van der Waals surface area contributed by atoms with Gasteiger partial charge in [-0.25, -0.2) is 9.97 Å². The molecule has 0 radical (unpaired) electrons. The van der Waals surface area contributed by atoms with Gasteiger partial charge in [0.25, 0.3) is 10.4 Å². The third kappa shape index (κ3) is 7.28. The summed E-state index contributed by atoms with van der Waals surface area (Å²) in [5.74, 6) is 2.41. The van der Waals surface area contributed by atoms with Crippen molar-refractivity contribution in [2.45, 2.75) is 34.8 Å². The number of fused-ring (bicyclic) bond motifs is 2. The molecule has 4 aromatic heterocycles. The maximum atomic E-state index is 6.38. The van der Waals surface area contributed by atoms with Gasteiger partial charge in [-0.2, -0.15) is 0 Å². The Morgan fingerprint density at radius 2 is 1.17 bits per heavy atom. The number of halogens is 2. The molecule has 0 aliphatic rings. The third-order valence-electron chi connectivity index (χ3n) is 7.85. The molecule has 0 N–H and O–H groups in total. The minimum atomic E-state index is 0.371. The predicted molar refractivity (Wildman–Crippen MR) is 203 cm³/mol. The summed E-state index contributed by atoms with van der Waals surface area (Å²) in [5.41, 5.74) is 8.01. The van der Waals surface area contributed by atoms with E-state index < -0.39 is 0 Å². The summed E-state index contributed by atoms with van der Waals surface area (Å²) in [4.78, 5) is 9.64. The van der Waals surface area contributed by atoms with Crippen molar-refractivity contribution in [3.63, 3.8) is 0 Å². The molecule has 10 nitrogen and oxygen atoms in total. The van der Waals surface area contributed by atoms with Crippen LogP contribution in [-0.4, -0.2) is 30.4 Å². The molecule has 14 heteroatoms. The largest absolute Gasteiger partial charge is 0.431 e. The minimum absolute atomic E-state index is 0.371. The fourth-order valence-electron chi connectivity index (χ4n) is 5.58. The summed E-state index contributed by atoms with van der Waals surface area (Å²) >= 11 is 15.0. The summed E-state index contributed by atoms with van der Waals surface area (Å²) in [5, 5.41) is 18.9. The Morgan fingerprint density at radius 1 is 0.596 bits per heavy atom. The van der Waals surface area contributed by atoms with E-state index in [0.29, 0.717) is 85.1 Å². The molecule has 0 fully saturated rings. The van der Waals surface area contributed by atoms with Gasteiger partial charge in [0.05, 0.1) is 11.5 Å². The van der Waals surface area contributed by atoms with E-state index in [2.05, 4.69) is 45.7 Å². The van der Waals surface area contributed by atoms with E-state index in [4.69, 9.17) is 50.8 Å². The van der Waals surface area contributed by atoms with E-state index in [1.165, 1.54) is 23.5 Å². The van der Waals surface area contributed by atoms with Crippen LogP contribution in [0.15, 0.2) is 126 Å². The first-order chi connectivity index (χ1) is 25.4. The van der Waals surface area contributed by atoms with E-state index in [0.717, 1.165) is 38.9 Å². The molecule has 0 bridgehead atoms. The van der Waals surface area contributed by atoms with Crippen LogP contribution < -0.4 is 0 Å². The van der Waals surface area contributed by atoms with Gasteiger partial charge in [0.15, 0.2) is 11.2 Å². The molecule has 8 aromatic rings. The van der Waals surface area contributed by atoms with Gasteiger partial charge >= 0.3 is 0 Å². The van der Waals surface area contributed by atoms with Gasteiger partial charge in [-0.1, -0.05) is 71.0 Å². The predicted octanol–water partition coefficient (Wildman–Crippen LogP) is 11.1. The van der Waals surface area contributed by atoms with Gasteiger partial charge in [-0.05, 0) is 84.6 Å². The van der Waals surface area contributed by atoms with E-state index in [9.17, 15) is 0 Å². The summed E-state index contributed by atoms with van der Waals surface area (Å²) in [7, 11) is 0. The van der Waals surface area contributed by atoms with Crippen LogP contribution in [0.4, 0.5) is 0 Å². The molecule has 8 rings (SSSR count). The molecule has 258 valence electrons. The topological polar surface area (TPSA) is 130 Å². The first kappa shape index (κ1) is 34.0. The number of hydrogen-bond acceptors (Lipinski definition) is 12. The normalized spacial score (nSPS) is 11.5. The molecule has 4 heterocycles. The first-order valence-electron chi connectivity index (χ1n) is 15.9. The van der Waals surface area contributed by atoms with Crippen LogP contribution in [0.1, 0.15) is 22.9 Å². The lowest BCUT2D eigenvalue weighted by Crippen LogP contribution is -1.89. The van der Waals surface area contributed by atoms with E-state index in [1.807, 2.05) is 48.6 Å². The highest BCUT2D eigenvalue weighted by atomic mass is 35.5. The number of rotatable bonds is 13. The second-order valence-corrected chi connectivity index (χ2v) is 14.2. The molecule has 0 unspecified atom stereocenters. The van der Waals surface area contributed by atoms with Gasteiger partial charge in [-0.15, -0.1) is 33.6 Å². The second kappa shape index (κ2) is 14.8. The van der Waals surface area contributed by atoms with E-state index in [-0.39, 0.29) is 0 Å². The lowest BCUT2D eigenvalue weighted by molar-refractivity contribution is 0.484. The van der Waals surface area contributed by atoms with E-state index >= 15 is 0 Å². The van der Waals surface area contributed by atoms with Gasteiger partial charge in [0.1, 0.15) is 11.0 Å². The van der Waals surface area contributed by atoms with Crippen molar-refractivity contribution in [1.82, 2.24) is 30.4 Å². The van der Waals surface area contributed by atoms with Crippen molar-refractivity contribution in [1.29, 1.82) is 0 Å². The summed E-state index contributed by atoms with van der Waals surface area (Å²) in [6.07, 6.45) is 4.94. The fraction of sp³-hybridized carbons (Fsp3) is 0.105. The summed E-state index contributed by atoms with van der Waals surface area (Å²) in [6.45, 7) is 7.91. The standard InChI is InChI=1S/C38H26Cl2N6O4S2/c1-3-7-21-13-28(34-29(14-21)41-38(50-34)52-20-32-44-46-36(48-32)24-10-6-12-27(40)17-24)25-15-22(8-4-2)33-30(18-25)42-37(49-33)51-19-31-43-45-35(47-31)23-9-5-11-26(39)16-23/h3-6,9-18H,1-2,7-8,19-20H2. The molecule has 4 aromatic carbocycles. The number of benzene rings is 4. The highest BCUT2D eigenvalue weighted by Gasteiger charge is 2.20. The Morgan fingerprint density at radius 3 is 1.75 bits per heavy atom. The molecule has 0 aliphatic carbocycles. The molecular weight excluding hydrogens is 739 g/mol. The molecular formula is C38H26Cl2N6O4S2. The number of nitrogens with zero attached hydrogens (tertiary/aromatic N) is 6. The van der Waals surface area contributed by atoms with Gasteiger partial charge < -0.3 is 17.7 Å². The Bertz CT molecular complexity index is 2590. The zero-order valence-electron chi connectivity index (χ0n) is 27.2. The third-order valence-corrected chi connectivity index (χ3v) is 9.94. The zero-order valence-corrected chi connectivity index (χ0v) is 30.4. The Hall–Kier alpha value is -5.14. The monoisotopic (exact) mass is 764 g/mol. The Kier molecular flexibility index (Phi) is 9.70. The van der Waals surface area contributed by atoms with Crippen molar-refractivity contribution < 1.29 is 17.7 Å². The number of thioether (sulfide) groups is 2. The lowest BCUT2D eigenvalue weighted by atomic mass is 9.97. The van der Waals surface area contributed by atoms with Crippen LogP contribution in [0, 0.1) is 0 Å². The van der Waals surface area contributed by atoms with Crippen LogP contribution in [0.2, 0.25) is 10.0 Å². The number of oxazole rings is 2. The lowest BCUT2D eigenvalue weighted by Gasteiger charge is -2.08. The number of aromatic nitrogens is 6. The van der Waals surface area contributed by atoms with Crippen LogP contribution in [0.5, 0.6) is 0 Å². The maximum absolute atomic E-state index is 6.38. The highest BCUT2D eigenvalue weighted by Crippen LogP contribution is 2.38. The molecule has 0 saturated carbocycles. The minimum Gasteiger partial charge on any atom is -0.431 e. The Labute approximate surface area is 315 Å². The van der Waals surface area contributed by atoms with Crippen molar-refractivity contribution in [3.05, 3.63) is 131 Å². The molecule has 0 aliphatic heterocycles. The zero-order chi connectivity index (χ0) is 35.6. The van der Waals surface area contributed by atoms with Crippen molar-refractivity contribution in [2.75, 3.05) is 0 Å². The molecule has 0 amide bonds. The van der Waals surface area contributed by atoms with Crippen molar-refractivity contribution in [3.8, 4) is 34.0 Å². The van der Waals surface area contributed by atoms with Crippen molar-refractivity contribution >= 4 is 68.9 Å². The van der Waals surface area contributed by atoms with Gasteiger partial charge in [0, 0.05) is 32.3 Å². The van der Waals surface area contributed by atoms with E-state index in [1.54, 1.807) is 24.3 Å². The van der Waals surface area contributed by atoms with Gasteiger partial charge in [0.2, 0.25) is 23.6 Å². The van der Waals surface area contributed by atoms with Crippen LogP contribution in [0.3, 0.4) is 0 Å². The SMILES string of the molecule is C=CCc1cc(-c2cc(CC=C)c3oc(SCc4nnc(-c5cccc(Cl)c5)o4)nc3c2)c2oc(SCc3nnc(-c4cccc(Cl)c4)o3)nc2c1. The summed E-state index contributed by atoms with van der Waals surface area (Å²) < 4.78 is 24.4. The summed E-state index contributed by atoms with van der Waals surface area (Å²) in [6, 6.07) is 22.7. The smallest absolute Gasteiger partial charge is 0.257 e. The molecule has 0 atom stereocenters. The number of allylic oxidation sites excluding steroid dienone is 2. The fourth-order valence-corrected chi connectivity index (χ4v) is 7.30. The van der Waals surface area contributed by atoms with Crippen molar-refractivity contribution in [2.24, 2.45) is 0 Å². The second-order valence-electron chi connectivity index (χ2n) is 11.5. The molecule has 52 heavy (non-hydrogen) atoms. The number of hydrogen-bond donors (Lipinski definition) is 0. The average Bonchev–Trinajstić information content (AvgIpc) is 3.96. The van der Waals surface area contributed by atoms with Crippen LogP contribution >= 0.6 is 46.7 Å². The van der Waals surface area contributed by atoms with Gasteiger partial charge in [-0.3, -0.25) is 0 Å². The first-order valence-corrected chi connectivity index (χ1v) is 18.7. The quantitative estimate of drug-likeness (QED) is 0.0818. The Balaban J connectivity index is 1.07. The van der Waals surface area contributed by atoms with Crippen LogP contribution in [0.25, 0.3) is 56.2 Å². The maximum Gasteiger partial charge on any atom is 0.257 e. The average molecular weight is 766 g/mol. The molecule has 0 saturated heterocycles. The molecule has 0 spiro atoms. The highest BCUT2D eigenvalue weighted by molar-refractivity contribution is 7.98.